The average molecular weight is 264 g/mol. The summed E-state index contributed by atoms with van der Waals surface area (Å²) in [5.41, 5.74) is 8.05. The molecule has 2 nitrogen and oxygen atoms in total. The van der Waals surface area contributed by atoms with Crippen LogP contribution in [0.25, 0.3) is 0 Å². The lowest BCUT2D eigenvalue weighted by atomic mass is 10.0. The number of hydrogen-bond acceptors (Lipinski definition) is 3. The Hall–Kier alpha value is -0.670. The number of hydrogen-bond donors (Lipinski definition) is 1. The van der Waals surface area contributed by atoms with Crippen molar-refractivity contribution in [2.75, 3.05) is 25.1 Å². The zero-order valence-corrected chi connectivity index (χ0v) is 12.3. The van der Waals surface area contributed by atoms with Gasteiger partial charge < -0.3 is 10.6 Å². The third-order valence-electron chi connectivity index (χ3n) is 3.84. The Labute approximate surface area is 115 Å². The Kier molecular flexibility index (Phi) is 4.95. The highest BCUT2D eigenvalue weighted by molar-refractivity contribution is 7.99. The topological polar surface area (TPSA) is 29.3 Å². The molecule has 3 heteroatoms. The maximum Gasteiger partial charge on any atom is 0.0325 e. The van der Waals surface area contributed by atoms with Crippen LogP contribution in [0.1, 0.15) is 31.2 Å². The van der Waals surface area contributed by atoms with Crippen LogP contribution in [-0.4, -0.2) is 30.3 Å². The molecule has 1 unspecified atom stereocenters. The van der Waals surface area contributed by atoms with Crippen molar-refractivity contribution in [1.29, 1.82) is 0 Å². The molecular weight excluding hydrogens is 240 g/mol. The van der Waals surface area contributed by atoms with Crippen LogP contribution in [0.3, 0.4) is 0 Å². The van der Waals surface area contributed by atoms with E-state index in [1.54, 1.807) is 0 Å². The van der Waals surface area contributed by atoms with Crippen molar-refractivity contribution in [3.63, 3.8) is 0 Å². The monoisotopic (exact) mass is 264 g/mol. The molecule has 1 aliphatic heterocycles. The summed E-state index contributed by atoms with van der Waals surface area (Å²) in [6.07, 6.45) is 5.42. The minimum atomic E-state index is 0.785. The zero-order valence-electron chi connectivity index (χ0n) is 11.5. The predicted octanol–water partition coefficient (Wildman–Crippen LogP) is 3.54. The van der Waals surface area contributed by atoms with Gasteiger partial charge >= 0.3 is 0 Å². The number of nitrogens with two attached hydrogens (primary N) is 1. The van der Waals surface area contributed by atoms with Gasteiger partial charge in [-0.25, -0.2) is 0 Å². The van der Waals surface area contributed by atoms with E-state index in [1.807, 2.05) is 17.8 Å². The molecule has 1 atom stereocenters. The number of nitrogen functional groups attached to an aromatic ring is 1. The maximum absolute atomic E-state index is 5.84. The van der Waals surface area contributed by atoms with Gasteiger partial charge in [-0.15, -0.1) is 11.8 Å². The standard InChI is InChI=1S/C15H24N2S/c1-12-6-7-13(16)11-15(12)18-10-8-14-5-3-4-9-17(14)2/h6-7,11,14H,3-5,8-10,16H2,1-2H3. The van der Waals surface area contributed by atoms with Crippen molar-refractivity contribution in [1.82, 2.24) is 4.90 Å². The second-order valence-corrected chi connectivity index (χ2v) is 6.43. The summed E-state index contributed by atoms with van der Waals surface area (Å²) in [5, 5.41) is 0. The molecule has 0 aliphatic carbocycles. The minimum Gasteiger partial charge on any atom is -0.399 e. The summed E-state index contributed by atoms with van der Waals surface area (Å²) in [7, 11) is 2.26. The summed E-state index contributed by atoms with van der Waals surface area (Å²) < 4.78 is 0. The number of piperidine rings is 1. The summed E-state index contributed by atoms with van der Waals surface area (Å²) in [4.78, 5) is 3.87. The molecule has 1 heterocycles. The highest BCUT2D eigenvalue weighted by Crippen LogP contribution is 2.27. The molecule has 0 saturated carbocycles. The molecule has 0 radical (unpaired) electrons. The fourth-order valence-electron chi connectivity index (χ4n) is 2.59. The van der Waals surface area contributed by atoms with Crippen molar-refractivity contribution in [2.45, 2.75) is 43.5 Å². The number of benzene rings is 1. The lowest BCUT2D eigenvalue weighted by molar-refractivity contribution is 0.182. The van der Waals surface area contributed by atoms with Gasteiger partial charge in [0.2, 0.25) is 0 Å². The van der Waals surface area contributed by atoms with Crippen molar-refractivity contribution in [3.05, 3.63) is 23.8 Å². The highest BCUT2D eigenvalue weighted by Gasteiger charge is 2.18. The van der Waals surface area contributed by atoms with E-state index in [1.165, 1.54) is 48.4 Å². The summed E-state index contributed by atoms with van der Waals surface area (Å²) in [5.74, 6) is 1.19. The molecule has 0 aromatic heterocycles. The van der Waals surface area contributed by atoms with Gasteiger partial charge in [-0.05, 0) is 63.2 Å². The molecule has 2 rings (SSSR count). The summed E-state index contributed by atoms with van der Waals surface area (Å²) in [6, 6.07) is 6.98. The molecular formula is C15H24N2S. The van der Waals surface area contributed by atoms with E-state index in [4.69, 9.17) is 5.73 Å². The maximum atomic E-state index is 5.84. The molecule has 0 bridgehead atoms. The van der Waals surface area contributed by atoms with E-state index in [2.05, 4.69) is 31.0 Å². The Morgan fingerprint density at radius 3 is 3.00 bits per heavy atom. The Bertz CT molecular complexity index is 392. The van der Waals surface area contributed by atoms with Gasteiger partial charge in [-0.3, -0.25) is 0 Å². The van der Waals surface area contributed by atoms with Crippen LogP contribution in [-0.2, 0) is 0 Å². The van der Waals surface area contributed by atoms with Gasteiger partial charge in [-0.2, -0.15) is 0 Å². The first-order valence-corrected chi connectivity index (χ1v) is 7.84. The van der Waals surface area contributed by atoms with Crippen LogP contribution >= 0.6 is 11.8 Å². The number of likely N-dealkylation sites (tertiary alicyclic amines) is 1. The van der Waals surface area contributed by atoms with Gasteiger partial charge in [0, 0.05) is 16.6 Å². The second kappa shape index (κ2) is 6.48. The molecule has 18 heavy (non-hydrogen) atoms. The van der Waals surface area contributed by atoms with Crippen LogP contribution in [0.4, 0.5) is 5.69 Å². The van der Waals surface area contributed by atoms with Crippen LogP contribution in [0.5, 0.6) is 0 Å². The van der Waals surface area contributed by atoms with E-state index in [-0.39, 0.29) is 0 Å². The molecule has 1 saturated heterocycles. The van der Waals surface area contributed by atoms with E-state index < -0.39 is 0 Å². The number of rotatable bonds is 4. The number of thioether (sulfide) groups is 1. The van der Waals surface area contributed by atoms with Gasteiger partial charge in [0.1, 0.15) is 0 Å². The van der Waals surface area contributed by atoms with Crippen LogP contribution in [0.15, 0.2) is 23.1 Å². The van der Waals surface area contributed by atoms with E-state index >= 15 is 0 Å². The Morgan fingerprint density at radius 2 is 2.22 bits per heavy atom. The molecule has 1 aliphatic rings. The third-order valence-corrected chi connectivity index (χ3v) is 5.03. The van der Waals surface area contributed by atoms with Gasteiger partial charge in [0.15, 0.2) is 0 Å². The quantitative estimate of drug-likeness (QED) is 0.666. The van der Waals surface area contributed by atoms with Gasteiger partial charge in [0.25, 0.3) is 0 Å². The average Bonchev–Trinajstić information content (AvgIpc) is 2.36. The largest absolute Gasteiger partial charge is 0.399 e. The van der Waals surface area contributed by atoms with Crippen molar-refractivity contribution >= 4 is 17.4 Å². The molecule has 1 aromatic rings. The first-order chi connectivity index (χ1) is 8.66. The van der Waals surface area contributed by atoms with Crippen molar-refractivity contribution in [2.24, 2.45) is 0 Å². The molecule has 1 fully saturated rings. The number of nitrogens with zero attached hydrogens (tertiary/aromatic N) is 1. The number of anilines is 1. The van der Waals surface area contributed by atoms with Gasteiger partial charge in [0.05, 0.1) is 0 Å². The molecule has 100 valence electrons. The van der Waals surface area contributed by atoms with Crippen molar-refractivity contribution < 1.29 is 0 Å². The predicted molar refractivity (Wildman–Crippen MR) is 81.2 cm³/mol. The molecule has 2 N–H and O–H groups in total. The van der Waals surface area contributed by atoms with Gasteiger partial charge in [-0.1, -0.05) is 12.5 Å². The Balaban J connectivity index is 1.82. The zero-order chi connectivity index (χ0) is 13.0. The fraction of sp³-hybridized carbons (Fsp3) is 0.600. The highest BCUT2D eigenvalue weighted by atomic mass is 32.2. The number of aryl methyl sites for hydroxylation is 1. The lowest BCUT2D eigenvalue weighted by Gasteiger charge is -2.32. The molecule has 0 spiro atoms. The SMILES string of the molecule is Cc1ccc(N)cc1SCCC1CCCCN1C. The minimum absolute atomic E-state index is 0.785. The molecule has 0 amide bonds. The molecule has 1 aromatic carbocycles. The fourth-order valence-corrected chi connectivity index (χ4v) is 3.71. The van der Waals surface area contributed by atoms with Crippen LogP contribution in [0, 0.1) is 6.92 Å². The Morgan fingerprint density at radius 1 is 1.39 bits per heavy atom. The smallest absolute Gasteiger partial charge is 0.0325 e. The van der Waals surface area contributed by atoms with Crippen LogP contribution < -0.4 is 5.73 Å². The first-order valence-electron chi connectivity index (χ1n) is 6.86. The van der Waals surface area contributed by atoms with E-state index in [9.17, 15) is 0 Å². The van der Waals surface area contributed by atoms with Crippen LogP contribution in [0.2, 0.25) is 0 Å². The first kappa shape index (κ1) is 13.8. The van der Waals surface area contributed by atoms with Crippen molar-refractivity contribution in [3.8, 4) is 0 Å². The van der Waals surface area contributed by atoms with E-state index in [0.29, 0.717) is 0 Å². The van der Waals surface area contributed by atoms with E-state index in [0.717, 1.165) is 11.7 Å². The summed E-state index contributed by atoms with van der Waals surface area (Å²) in [6.45, 7) is 3.43. The normalized spacial score (nSPS) is 21.1. The third kappa shape index (κ3) is 3.66. The second-order valence-electron chi connectivity index (χ2n) is 5.29. The summed E-state index contributed by atoms with van der Waals surface area (Å²) >= 11 is 1.95. The lowest BCUT2D eigenvalue weighted by Crippen LogP contribution is -2.36.